The highest BCUT2D eigenvalue weighted by Crippen LogP contribution is 2.54. The predicted octanol–water partition coefficient (Wildman–Crippen LogP) is 3.67. The fourth-order valence-electron chi connectivity index (χ4n) is 3.59. The van der Waals surface area contributed by atoms with E-state index in [-0.39, 0.29) is 5.54 Å². The molecule has 1 heteroatoms. The first-order chi connectivity index (χ1) is 8.29. The van der Waals surface area contributed by atoms with Crippen molar-refractivity contribution < 1.29 is 0 Å². The molecular formula is C16H15N. The predicted molar refractivity (Wildman–Crippen MR) is 70.3 cm³/mol. The van der Waals surface area contributed by atoms with Gasteiger partial charge in [-0.15, -0.1) is 0 Å². The number of hydrogen-bond acceptors (Lipinski definition) is 1. The molecule has 1 aliphatic carbocycles. The molecule has 0 saturated heterocycles. The van der Waals surface area contributed by atoms with Crippen molar-refractivity contribution in [3.8, 4) is 0 Å². The molecule has 0 aromatic heterocycles. The quantitative estimate of drug-likeness (QED) is 0.715. The highest BCUT2D eigenvalue weighted by Gasteiger charge is 2.48. The second kappa shape index (κ2) is 2.92. The molecule has 0 spiro atoms. The van der Waals surface area contributed by atoms with Gasteiger partial charge in [0.1, 0.15) is 0 Å². The molecule has 0 radical (unpaired) electrons. The number of anilines is 1. The minimum atomic E-state index is 0.0975. The van der Waals surface area contributed by atoms with E-state index in [1.807, 2.05) is 0 Å². The van der Waals surface area contributed by atoms with E-state index in [4.69, 9.17) is 0 Å². The van der Waals surface area contributed by atoms with E-state index in [1.165, 1.54) is 22.4 Å². The highest BCUT2D eigenvalue weighted by molar-refractivity contribution is 5.66. The van der Waals surface area contributed by atoms with E-state index < -0.39 is 0 Å². The van der Waals surface area contributed by atoms with Crippen molar-refractivity contribution in [1.82, 2.24) is 0 Å². The molecule has 2 aromatic rings. The lowest BCUT2D eigenvalue weighted by Gasteiger charge is -2.26. The summed E-state index contributed by atoms with van der Waals surface area (Å²) < 4.78 is 0. The molecule has 1 nitrogen and oxygen atoms in total. The minimum Gasteiger partial charge on any atom is -0.375 e. The fraction of sp³-hybridized carbons (Fsp3) is 0.250. The molecule has 17 heavy (non-hydrogen) atoms. The standard InChI is InChI=1S/C16H15N/c1-16-13-8-4-2-6-11(13)10-14(16)12-7-3-5-9-15(12)17-16/h2-9,14,17H,10H2,1H3/t14-,16-/m1/s1. The maximum absolute atomic E-state index is 3.73. The van der Waals surface area contributed by atoms with Gasteiger partial charge >= 0.3 is 0 Å². The Labute approximate surface area is 101 Å². The van der Waals surface area contributed by atoms with Gasteiger partial charge in [0.05, 0.1) is 5.54 Å². The Bertz CT molecular complexity index is 602. The van der Waals surface area contributed by atoms with Crippen LogP contribution in [0.4, 0.5) is 5.69 Å². The zero-order chi connectivity index (χ0) is 11.5. The van der Waals surface area contributed by atoms with E-state index in [0.717, 1.165) is 6.42 Å². The maximum atomic E-state index is 3.73. The average molecular weight is 221 g/mol. The Morgan fingerprint density at radius 1 is 1.06 bits per heavy atom. The van der Waals surface area contributed by atoms with E-state index in [9.17, 15) is 0 Å². The van der Waals surface area contributed by atoms with Crippen LogP contribution in [0.3, 0.4) is 0 Å². The van der Waals surface area contributed by atoms with Crippen molar-refractivity contribution in [2.24, 2.45) is 0 Å². The third-order valence-electron chi connectivity index (χ3n) is 4.43. The van der Waals surface area contributed by atoms with Gasteiger partial charge < -0.3 is 5.32 Å². The lowest BCUT2D eigenvalue weighted by molar-refractivity contribution is 0.491. The van der Waals surface area contributed by atoms with Crippen LogP contribution in [-0.4, -0.2) is 0 Å². The summed E-state index contributed by atoms with van der Waals surface area (Å²) in [4.78, 5) is 0. The molecule has 2 aromatic carbocycles. The van der Waals surface area contributed by atoms with Crippen LogP contribution >= 0.6 is 0 Å². The van der Waals surface area contributed by atoms with E-state index in [1.54, 1.807) is 0 Å². The Hall–Kier alpha value is -1.76. The van der Waals surface area contributed by atoms with E-state index >= 15 is 0 Å². The summed E-state index contributed by atoms with van der Waals surface area (Å²) >= 11 is 0. The monoisotopic (exact) mass is 221 g/mol. The number of rotatable bonds is 0. The van der Waals surface area contributed by atoms with Gasteiger partial charge in [-0.05, 0) is 36.1 Å². The van der Waals surface area contributed by atoms with Crippen molar-refractivity contribution >= 4 is 5.69 Å². The summed E-state index contributed by atoms with van der Waals surface area (Å²) in [5.41, 5.74) is 5.87. The summed E-state index contributed by atoms with van der Waals surface area (Å²) in [7, 11) is 0. The first-order valence-corrected chi connectivity index (χ1v) is 6.24. The summed E-state index contributed by atoms with van der Waals surface area (Å²) in [6.45, 7) is 2.34. The van der Waals surface area contributed by atoms with Crippen molar-refractivity contribution in [3.63, 3.8) is 0 Å². The summed E-state index contributed by atoms with van der Waals surface area (Å²) in [5.74, 6) is 0.594. The number of para-hydroxylation sites is 1. The van der Waals surface area contributed by atoms with Crippen LogP contribution in [0.5, 0.6) is 0 Å². The van der Waals surface area contributed by atoms with Crippen molar-refractivity contribution in [1.29, 1.82) is 0 Å². The van der Waals surface area contributed by atoms with Gasteiger partial charge in [0, 0.05) is 11.6 Å². The van der Waals surface area contributed by atoms with Gasteiger partial charge in [0.2, 0.25) is 0 Å². The number of hydrogen-bond donors (Lipinski definition) is 1. The molecule has 0 amide bonds. The van der Waals surface area contributed by atoms with Gasteiger partial charge in [0.25, 0.3) is 0 Å². The topological polar surface area (TPSA) is 12.0 Å². The van der Waals surface area contributed by atoms with Crippen LogP contribution in [0, 0.1) is 0 Å². The van der Waals surface area contributed by atoms with E-state index in [2.05, 4.69) is 60.8 Å². The first kappa shape index (κ1) is 9.29. The van der Waals surface area contributed by atoms with Crippen LogP contribution in [0.15, 0.2) is 48.5 Å². The van der Waals surface area contributed by atoms with Crippen LogP contribution in [0.2, 0.25) is 0 Å². The summed E-state index contributed by atoms with van der Waals surface area (Å²) in [6, 6.07) is 17.6. The molecule has 84 valence electrons. The maximum Gasteiger partial charge on any atom is 0.0672 e. The third-order valence-corrected chi connectivity index (χ3v) is 4.43. The zero-order valence-corrected chi connectivity index (χ0v) is 9.90. The van der Waals surface area contributed by atoms with Crippen LogP contribution in [0.25, 0.3) is 0 Å². The smallest absolute Gasteiger partial charge is 0.0672 e. The van der Waals surface area contributed by atoms with Crippen molar-refractivity contribution in [2.45, 2.75) is 24.8 Å². The molecule has 0 fully saturated rings. The zero-order valence-electron chi connectivity index (χ0n) is 9.90. The summed E-state index contributed by atoms with van der Waals surface area (Å²) in [5, 5.41) is 3.73. The number of nitrogens with one attached hydrogen (secondary N) is 1. The molecule has 1 N–H and O–H groups in total. The molecule has 1 aliphatic heterocycles. The minimum absolute atomic E-state index is 0.0975. The molecule has 1 heterocycles. The van der Waals surface area contributed by atoms with Gasteiger partial charge in [0.15, 0.2) is 0 Å². The Kier molecular flexibility index (Phi) is 1.60. The van der Waals surface area contributed by atoms with Crippen LogP contribution < -0.4 is 5.32 Å². The Morgan fingerprint density at radius 2 is 1.82 bits per heavy atom. The van der Waals surface area contributed by atoms with Crippen molar-refractivity contribution in [2.75, 3.05) is 5.32 Å². The molecule has 0 bridgehead atoms. The highest BCUT2D eigenvalue weighted by atomic mass is 15.0. The first-order valence-electron chi connectivity index (χ1n) is 6.24. The fourth-order valence-corrected chi connectivity index (χ4v) is 3.59. The van der Waals surface area contributed by atoms with E-state index in [0.29, 0.717) is 5.92 Å². The normalized spacial score (nSPS) is 28.2. The molecule has 4 rings (SSSR count). The third kappa shape index (κ3) is 1.04. The summed E-state index contributed by atoms with van der Waals surface area (Å²) in [6.07, 6.45) is 1.16. The average Bonchev–Trinajstić information content (AvgIpc) is 2.79. The molecule has 0 unspecified atom stereocenters. The lowest BCUT2D eigenvalue weighted by Crippen LogP contribution is -2.29. The Balaban J connectivity index is 1.93. The van der Waals surface area contributed by atoms with Gasteiger partial charge in [-0.3, -0.25) is 0 Å². The van der Waals surface area contributed by atoms with Crippen molar-refractivity contribution in [3.05, 3.63) is 65.2 Å². The van der Waals surface area contributed by atoms with Gasteiger partial charge in [-0.25, -0.2) is 0 Å². The lowest BCUT2D eigenvalue weighted by atomic mass is 9.85. The molecule has 2 aliphatic rings. The van der Waals surface area contributed by atoms with Crippen LogP contribution in [-0.2, 0) is 12.0 Å². The number of fused-ring (bicyclic) bond motifs is 5. The SMILES string of the molecule is C[C@]12Nc3ccccc3[C@H]1Cc1ccccc12. The Morgan fingerprint density at radius 3 is 2.76 bits per heavy atom. The molecule has 0 saturated carbocycles. The molecular weight excluding hydrogens is 206 g/mol. The second-order valence-corrected chi connectivity index (χ2v) is 5.33. The van der Waals surface area contributed by atoms with Gasteiger partial charge in [-0.1, -0.05) is 42.5 Å². The number of benzene rings is 2. The van der Waals surface area contributed by atoms with Gasteiger partial charge in [-0.2, -0.15) is 0 Å². The largest absolute Gasteiger partial charge is 0.375 e. The second-order valence-electron chi connectivity index (χ2n) is 5.33. The molecule has 2 atom stereocenters. The van der Waals surface area contributed by atoms with Crippen LogP contribution in [0.1, 0.15) is 29.5 Å².